The molecular formula is C23H13N5O3S. The van der Waals surface area contributed by atoms with Crippen LogP contribution in [-0.2, 0) is 0 Å². The van der Waals surface area contributed by atoms with Crippen LogP contribution >= 0.6 is 11.8 Å². The van der Waals surface area contributed by atoms with Crippen LogP contribution in [0.25, 0.3) is 11.3 Å². The number of allylic oxidation sites excluding steroid dienone is 2. The number of furan rings is 1. The van der Waals surface area contributed by atoms with Crippen LogP contribution in [0, 0.1) is 32.8 Å². The average molecular weight is 439 g/mol. The van der Waals surface area contributed by atoms with Crippen LogP contribution in [0.2, 0.25) is 0 Å². The number of nitrogens with zero attached hydrogens (tertiary/aromatic N) is 4. The molecule has 8 nitrogen and oxygen atoms in total. The van der Waals surface area contributed by atoms with Crippen molar-refractivity contribution < 1.29 is 9.34 Å². The minimum atomic E-state index is -0.745. The Bertz CT molecular complexity index is 1420. The summed E-state index contributed by atoms with van der Waals surface area (Å²) in [5.74, 6) is 0.387. The maximum absolute atomic E-state index is 10.9. The van der Waals surface area contributed by atoms with Gasteiger partial charge >= 0.3 is 0 Å². The second-order valence-corrected chi connectivity index (χ2v) is 8.12. The van der Waals surface area contributed by atoms with Crippen molar-refractivity contribution in [3.05, 3.63) is 98.5 Å². The summed E-state index contributed by atoms with van der Waals surface area (Å²) in [4.78, 5) is 13.1. The van der Waals surface area contributed by atoms with Gasteiger partial charge in [0, 0.05) is 22.6 Å². The van der Waals surface area contributed by atoms with Gasteiger partial charge in [0.1, 0.15) is 22.4 Å². The van der Waals surface area contributed by atoms with Gasteiger partial charge in [0.05, 0.1) is 39.8 Å². The van der Waals surface area contributed by atoms with E-state index in [9.17, 15) is 20.6 Å². The van der Waals surface area contributed by atoms with Gasteiger partial charge in [0.2, 0.25) is 0 Å². The fourth-order valence-corrected chi connectivity index (χ4v) is 5.05. The molecule has 0 spiro atoms. The molecule has 1 unspecified atom stereocenters. The van der Waals surface area contributed by atoms with Crippen LogP contribution < -0.4 is 10.6 Å². The number of nitro benzene ring substituents is 1. The predicted octanol–water partition coefficient (Wildman–Crippen LogP) is 4.99. The summed E-state index contributed by atoms with van der Waals surface area (Å²) < 4.78 is 6.02. The first kappa shape index (κ1) is 19.5. The van der Waals surface area contributed by atoms with Crippen molar-refractivity contribution in [2.24, 2.45) is 5.73 Å². The first-order valence-corrected chi connectivity index (χ1v) is 10.3. The van der Waals surface area contributed by atoms with Crippen molar-refractivity contribution in [3.63, 3.8) is 0 Å². The molecule has 1 atom stereocenters. The van der Waals surface area contributed by atoms with E-state index in [0.29, 0.717) is 27.7 Å². The topological polar surface area (TPSA) is 133 Å². The van der Waals surface area contributed by atoms with Gasteiger partial charge in [0.25, 0.3) is 5.69 Å². The number of anilines is 1. The quantitative estimate of drug-likeness (QED) is 0.445. The number of hydrogen-bond donors (Lipinski definition) is 1. The standard InChI is InChI=1S/C23H13N5O3S/c24-11-15-21(19-10-9-18(31-19)13-5-7-14(8-6-13)28(29)30)16(12-25)23-27(22(15)26)17-3-1-2-4-20(17)32-23/h1-10,21H,26H2. The van der Waals surface area contributed by atoms with Gasteiger partial charge in [-0.05, 0) is 36.4 Å². The summed E-state index contributed by atoms with van der Waals surface area (Å²) in [5.41, 5.74) is 8.47. The smallest absolute Gasteiger partial charge is 0.269 e. The molecule has 2 N–H and O–H groups in total. The lowest BCUT2D eigenvalue weighted by Crippen LogP contribution is -2.32. The van der Waals surface area contributed by atoms with E-state index in [-0.39, 0.29) is 17.1 Å². The van der Waals surface area contributed by atoms with Crippen LogP contribution in [0.15, 0.2) is 92.0 Å². The Hall–Kier alpha value is -4.47. The minimum absolute atomic E-state index is 0.0234. The third-order valence-corrected chi connectivity index (χ3v) is 6.52. The van der Waals surface area contributed by atoms with E-state index in [0.717, 1.165) is 10.6 Å². The minimum Gasteiger partial charge on any atom is -0.460 e. The number of rotatable bonds is 3. The molecule has 0 saturated heterocycles. The van der Waals surface area contributed by atoms with Crippen molar-refractivity contribution in [1.82, 2.24) is 0 Å². The number of nitro groups is 1. The summed E-state index contributed by atoms with van der Waals surface area (Å²) in [6.07, 6.45) is 0. The highest BCUT2D eigenvalue weighted by Gasteiger charge is 2.41. The fourth-order valence-electron chi connectivity index (χ4n) is 3.87. The van der Waals surface area contributed by atoms with Crippen LogP contribution in [0.5, 0.6) is 0 Å². The van der Waals surface area contributed by atoms with Crippen molar-refractivity contribution in [3.8, 4) is 23.5 Å². The number of benzene rings is 2. The number of nitriles is 2. The Morgan fingerprint density at radius 2 is 1.75 bits per heavy atom. The summed E-state index contributed by atoms with van der Waals surface area (Å²) in [5, 5.41) is 31.5. The Balaban J connectivity index is 1.60. The monoisotopic (exact) mass is 439 g/mol. The van der Waals surface area contributed by atoms with Crippen molar-refractivity contribution in [1.29, 1.82) is 10.5 Å². The van der Waals surface area contributed by atoms with Crippen LogP contribution in [-0.4, -0.2) is 4.92 Å². The molecule has 3 heterocycles. The van der Waals surface area contributed by atoms with E-state index in [1.54, 1.807) is 29.2 Å². The lowest BCUT2D eigenvalue weighted by atomic mass is 9.87. The van der Waals surface area contributed by atoms with Crippen LogP contribution in [0.3, 0.4) is 0 Å². The SMILES string of the molecule is N#CC1=C(N)N2C(=C(C#N)C1c1ccc(-c3ccc([N+](=O)[O-])cc3)o1)Sc1ccccc12. The maximum Gasteiger partial charge on any atom is 0.269 e. The molecule has 0 bridgehead atoms. The number of thioether (sulfide) groups is 1. The second kappa shape index (κ2) is 7.34. The number of hydrogen-bond acceptors (Lipinski definition) is 8. The fraction of sp³-hybridized carbons (Fsp3) is 0.0435. The lowest BCUT2D eigenvalue weighted by molar-refractivity contribution is -0.384. The number of non-ortho nitro benzene ring substituents is 1. The molecule has 32 heavy (non-hydrogen) atoms. The van der Waals surface area contributed by atoms with Gasteiger partial charge in [-0.3, -0.25) is 15.0 Å². The van der Waals surface area contributed by atoms with Crippen molar-refractivity contribution in [2.75, 3.05) is 4.90 Å². The van der Waals surface area contributed by atoms with Crippen LogP contribution in [0.1, 0.15) is 11.7 Å². The Morgan fingerprint density at radius 3 is 2.44 bits per heavy atom. The van der Waals surface area contributed by atoms with Gasteiger partial charge in [-0.1, -0.05) is 23.9 Å². The number of fused-ring (bicyclic) bond motifs is 3. The highest BCUT2D eigenvalue weighted by Crippen LogP contribution is 2.54. The zero-order chi connectivity index (χ0) is 22.4. The molecule has 2 aromatic carbocycles. The predicted molar refractivity (Wildman–Crippen MR) is 118 cm³/mol. The normalized spacial score (nSPS) is 16.9. The van der Waals surface area contributed by atoms with Gasteiger partial charge in [-0.2, -0.15) is 10.5 Å². The molecule has 0 fully saturated rings. The van der Waals surface area contributed by atoms with Gasteiger partial charge in [0.15, 0.2) is 0 Å². The maximum atomic E-state index is 10.9. The zero-order valence-corrected chi connectivity index (χ0v) is 17.2. The molecule has 0 radical (unpaired) electrons. The number of nitrogens with two attached hydrogens (primary N) is 1. The molecule has 2 aliphatic heterocycles. The van der Waals surface area contributed by atoms with E-state index < -0.39 is 10.8 Å². The number of para-hydroxylation sites is 1. The molecular weight excluding hydrogens is 426 g/mol. The molecule has 154 valence electrons. The summed E-state index contributed by atoms with van der Waals surface area (Å²) in [6, 6.07) is 21.4. The van der Waals surface area contributed by atoms with E-state index in [2.05, 4.69) is 12.1 Å². The third-order valence-electron chi connectivity index (χ3n) is 5.36. The summed E-state index contributed by atoms with van der Waals surface area (Å²) in [6.45, 7) is 0. The van der Waals surface area contributed by atoms with Crippen molar-refractivity contribution in [2.45, 2.75) is 10.8 Å². The zero-order valence-electron chi connectivity index (χ0n) is 16.4. The molecule has 0 amide bonds. The van der Waals surface area contributed by atoms with E-state index >= 15 is 0 Å². The first-order valence-electron chi connectivity index (χ1n) is 9.49. The first-order chi connectivity index (χ1) is 15.5. The highest BCUT2D eigenvalue weighted by molar-refractivity contribution is 8.03. The molecule has 3 aromatic rings. The van der Waals surface area contributed by atoms with Gasteiger partial charge in [-0.25, -0.2) is 0 Å². The molecule has 0 saturated carbocycles. The van der Waals surface area contributed by atoms with Gasteiger partial charge in [-0.15, -0.1) is 0 Å². The molecule has 0 aliphatic carbocycles. The Morgan fingerprint density at radius 1 is 1.03 bits per heavy atom. The van der Waals surface area contributed by atoms with Crippen LogP contribution in [0.4, 0.5) is 11.4 Å². The van der Waals surface area contributed by atoms with E-state index in [1.165, 1.54) is 23.9 Å². The highest BCUT2D eigenvalue weighted by atomic mass is 32.2. The summed E-state index contributed by atoms with van der Waals surface area (Å²) >= 11 is 1.43. The third kappa shape index (κ3) is 2.84. The second-order valence-electron chi connectivity index (χ2n) is 7.09. The van der Waals surface area contributed by atoms with E-state index in [1.807, 2.05) is 24.3 Å². The Labute approximate surface area is 186 Å². The Kier molecular flexibility index (Phi) is 4.47. The average Bonchev–Trinajstić information content (AvgIpc) is 3.44. The largest absolute Gasteiger partial charge is 0.460 e. The molecule has 2 aliphatic rings. The lowest BCUT2D eigenvalue weighted by Gasteiger charge is -2.30. The van der Waals surface area contributed by atoms with Gasteiger partial charge < -0.3 is 10.2 Å². The molecule has 1 aromatic heterocycles. The molecule has 5 rings (SSSR count). The molecule has 9 heteroatoms. The summed E-state index contributed by atoms with van der Waals surface area (Å²) in [7, 11) is 0. The van der Waals surface area contributed by atoms with Crippen molar-refractivity contribution >= 4 is 23.1 Å². The van der Waals surface area contributed by atoms with E-state index in [4.69, 9.17) is 10.2 Å².